The first kappa shape index (κ1) is 19.9. The van der Waals surface area contributed by atoms with E-state index in [9.17, 15) is 13.2 Å². The number of rotatable bonds is 5. The van der Waals surface area contributed by atoms with Gasteiger partial charge in [-0.15, -0.1) is 0 Å². The maximum absolute atomic E-state index is 13.3. The number of amides is 1. The predicted molar refractivity (Wildman–Crippen MR) is 111 cm³/mol. The molecule has 3 atom stereocenters. The minimum absolute atomic E-state index is 0.0435. The van der Waals surface area contributed by atoms with Crippen molar-refractivity contribution in [3.8, 4) is 5.75 Å². The van der Waals surface area contributed by atoms with Gasteiger partial charge in [-0.3, -0.25) is 4.79 Å². The minimum atomic E-state index is -3.45. The van der Waals surface area contributed by atoms with Gasteiger partial charge in [0.05, 0.1) is 0 Å². The van der Waals surface area contributed by atoms with Crippen LogP contribution in [-0.2, 0) is 21.4 Å². The fourth-order valence-electron chi connectivity index (χ4n) is 4.05. The van der Waals surface area contributed by atoms with E-state index in [2.05, 4.69) is 5.32 Å². The van der Waals surface area contributed by atoms with Gasteiger partial charge in [0.1, 0.15) is 11.0 Å². The number of carbonyl (C=O) groups excluding carboxylic acids is 1. The zero-order valence-electron chi connectivity index (χ0n) is 16.5. The predicted octanol–water partition coefficient (Wildman–Crippen LogP) is 3.01. The van der Waals surface area contributed by atoms with Crippen LogP contribution in [0.1, 0.15) is 42.6 Å². The van der Waals surface area contributed by atoms with Crippen LogP contribution in [0.15, 0.2) is 54.6 Å². The highest BCUT2D eigenvalue weighted by Gasteiger charge is 2.40. The van der Waals surface area contributed by atoms with Gasteiger partial charge in [0.15, 0.2) is 6.10 Å². The lowest BCUT2D eigenvalue weighted by atomic mass is 10.0. The third-order valence-corrected chi connectivity index (χ3v) is 8.10. The Morgan fingerprint density at radius 2 is 1.76 bits per heavy atom. The molecular weight excluding hydrogens is 388 g/mol. The van der Waals surface area contributed by atoms with E-state index >= 15 is 0 Å². The number of ether oxygens (including phenoxy) is 1. The standard InChI is InChI=1S/C22H26N2O4S/c1-16-7-12-21(18-5-3-2-4-6-18)29(26,27)24(16)15-17-8-10-19(11-9-17)28-20-13-14-23-22(20)25/h2-6,8-11,16,20-21H,7,12-15H2,1H3,(H,23,25)/t16-,20?,21?/m0/s1. The molecule has 0 spiro atoms. The molecule has 0 aliphatic carbocycles. The second-order valence-corrected chi connectivity index (χ2v) is 9.81. The maximum atomic E-state index is 13.3. The first-order valence-corrected chi connectivity index (χ1v) is 11.5. The Bertz CT molecular complexity index is 960. The maximum Gasteiger partial charge on any atom is 0.261 e. The van der Waals surface area contributed by atoms with Crippen molar-refractivity contribution in [3.05, 3.63) is 65.7 Å². The van der Waals surface area contributed by atoms with Crippen LogP contribution >= 0.6 is 0 Å². The van der Waals surface area contributed by atoms with E-state index in [0.717, 1.165) is 17.5 Å². The van der Waals surface area contributed by atoms with E-state index in [1.807, 2.05) is 49.4 Å². The van der Waals surface area contributed by atoms with Gasteiger partial charge in [0, 0.05) is 25.6 Å². The molecule has 0 bridgehead atoms. The molecule has 1 N–H and O–H groups in total. The van der Waals surface area contributed by atoms with Gasteiger partial charge >= 0.3 is 0 Å². The van der Waals surface area contributed by atoms with Gasteiger partial charge in [-0.05, 0) is 43.0 Å². The van der Waals surface area contributed by atoms with Crippen LogP contribution in [0.2, 0.25) is 0 Å². The van der Waals surface area contributed by atoms with E-state index in [0.29, 0.717) is 31.7 Å². The molecule has 6 nitrogen and oxygen atoms in total. The van der Waals surface area contributed by atoms with E-state index in [1.54, 1.807) is 16.4 Å². The van der Waals surface area contributed by atoms with Crippen LogP contribution in [0.5, 0.6) is 5.75 Å². The summed E-state index contributed by atoms with van der Waals surface area (Å²) in [6.07, 6.45) is 1.68. The summed E-state index contributed by atoms with van der Waals surface area (Å²) in [5.74, 6) is 0.529. The summed E-state index contributed by atoms with van der Waals surface area (Å²) in [7, 11) is -3.45. The van der Waals surface area contributed by atoms with Crippen molar-refractivity contribution in [2.24, 2.45) is 0 Å². The lowest BCUT2D eigenvalue weighted by Gasteiger charge is -2.37. The van der Waals surface area contributed by atoms with Crippen molar-refractivity contribution in [1.82, 2.24) is 9.62 Å². The molecule has 2 aliphatic heterocycles. The summed E-state index contributed by atoms with van der Waals surface area (Å²) in [5, 5.41) is 2.25. The van der Waals surface area contributed by atoms with Crippen molar-refractivity contribution in [2.75, 3.05) is 6.54 Å². The number of benzene rings is 2. The van der Waals surface area contributed by atoms with Gasteiger partial charge in [0.25, 0.3) is 5.91 Å². The van der Waals surface area contributed by atoms with Gasteiger partial charge in [0.2, 0.25) is 10.0 Å². The van der Waals surface area contributed by atoms with Crippen LogP contribution in [0.25, 0.3) is 0 Å². The molecule has 2 aromatic rings. The summed E-state index contributed by atoms with van der Waals surface area (Å²) in [5.41, 5.74) is 1.75. The zero-order chi connectivity index (χ0) is 20.4. The molecule has 0 radical (unpaired) electrons. The number of nitrogens with zero attached hydrogens (tertiary/aromatic N) is 1. The van der Waals surface area contributed by atoms with Crippen molar-refractivity contribution in [2.45, 2.75) is 50.1 Å². The average molecular weight is 415 g/mol. The summed E-state index contributed by atoms with van der Waals surface area (Å²) >= 11 is 0. The minimum Gasteiger partial charge on any atom is -0.481 e. The number of sulfonamides is 1. The molecule has 7 heteroatoms. The number of hydrogen-bond acceptors (Lipinski definition) is 4. The molecule has 154 valence electrons. The molecule has 2 aliphatic rings. The first-order chi connectivity index (χ1) is 13.9. The van der Waals surface area contributed by atoms with E-state index in [-0.39, 0.29) is 11.9 Å². The smallest absolute Gasteiger partial charge is 0.261 e. The van der Waals surface area contributed by atoms with Crippen molar-refractivity contribution < 1.29 is 17.9 Å². The van der Waals surface area contributed by atoms with E-state index in [4.69, 9.17) is 4.74 Å². The number of hydrogen-bond donors (Lipinski definition) is 1. The molecule has 2 unspecified atom stereocenters. The van der Waals surface area contributed by atoms with Gasteiger partial charge in [-0.2, -0.15) is 4.31 Å². The van der Waals surface area contributed by atoms with Gasteiger partial charge < -0.3 is 10.1 Å². The topological polar surface area (TPSA) is 75.7 Å². The van der Waals surface area contributed by atoms with Crippen molar-refractivity contribution in [1.29, 1.82) is 0 Å². The highest BCUT2D eigenvalue weighted by molar-refractivity contribution is 7.89. The monoisotopic (exact) mass is 414 g/mol. The second kappa shape index (κ2) is 8.16. The Labute approximate surface area is 171 Å². The van der Waals surface area contributed by atoms with E-state index < -0.39 is 21.4 Å². The Hall–Kier alpha value is -2.38. The van der Waals surface area contributed by atoms with Gasteiger partial charge in [-0.1, -0.05) is 42.5 Å². The number of carbonyl (C=O) groups is 1. The van der Waals surface area contributed by atoms with Crippen molar-refractivity contribution >= 4 is 15.9 Å². The summed E-state index contributed by atoms with van der Waals surface area (Å²) in [6.45, 7) is 2.93. The van der Waals surface area contributed by atoms with Crippen LogP contribution in [0, 0.1) is 0 Å². The first-order valence-electron chi connectivity index (χ1n) is 10.0. The normalized spacial score (nSPS) is 26.8. The lowest BCUT2D eigenvalue weighted by Crippen LogP contribution is -2.44. The molecule has 2 heterocycles. The summed E-state index contributed by atoms with van der Waals surface area (Å²) in [6, 6.07) is 16.8. The third kappa shape index (κ3) is 4.16. The Balaban J connectivity index is 1.49. The largest absolute Gasteiger partial charge is 0.481 e. The highest BCUT2D eigenvalue weighted by Crippen LogP contribution is 2.38. The Morgan fingerprint density at radius 3 is 2.41 bits per heavy atom. The Kier molecular flexibility index (Phi) is 5.61. The van der Waals surface area contributed by atoms with Crippen LogP contribution in [0.4, 0.5) is 0 Å². The SMILES string of the molecule is C[C@H]1CCC(c2ccccc2)S(=O)(=O)N1Cc1ccc(OC2CCNC2=O)cc1. The molecule has 0 saturated carbocycles. The lowest BCUT2D eigenvalue weighted by molar-refractivity contribution is -0.124. The molecule has 2 saturated heterocycles. The number of nitrogens with one attached hydrogen (secondary N) is 1. The molecular formula is C22H26N2O4S. The fraction of sp³-hybridized carbons (Fsp3) is 0.409. The molecule has 4 rings (SSSR count). The zero-order valence-corrected chi connectivity index (χ0v) is 17.3. The third-order valence-electron chi connectivity index (χ3n) is 5.73. The molecule has 29 heavy (non-hydrogen) atoms. The molecule has 0 aromatic heterocycles. The average Bonchev–Trinajstić information content (AvgIpc) is 3.11. The van der Waals surface area contributed by atoms with Crippen molar-refractivity contribution in [3.63, 3.8) is 0 Å². The van der Waals surface area contributed by atoms with Crippen LogP contribution in [-0.4, -0.2) is 37.3 Å². The second-order valence-electron chi connectivity index (χ2n) is 7.75. The highest BCUT2D eigenvalue weighted by atomic mass is 32.2. The van der Waals surface area contributed by atoms with Crippen LogP contribution < -0.4 is 10.1 Å². The molecule has 1 amide bonds. The summed E-state index contributed by atoms with van der Waals surface area (Å²) in [4.78, 5) is 11.7. The summed E-state index contributed by atoms with van der Waals surface area (Å²) < 4.78 is 34.0. The fourth-order valence-corrected chi connectivity index (χ4v) is 6.25. The molecule has 2 fully saturated rings. The quantitative estimate of drug-likeness (QED) is 0.816. The van der Waals surface area contributed by atoms with Crippen LogP contribution in [0.3, 0.4) is 0 Å². The Morgan fingerprint density at radius 1 is 1.03 bits per heavy atom. The van der Waals surface area contributed by atoms with E-state index in [1.165, 1.54) is 0 Å². The molecule has 2 aromatic carbocycles. The van der Waals surface area contributed by atoms with Gasteiger partial charge in [-0.25, -0.2) is 8.42 Å².